The summed E-state index contributed by atoms with van der Waals surface area (Å²) in [6.45, 7) is 18.8. The van der Waals surface area contributed by atoms with E-state index in [9.17, 15) is 9.90 Å². The van der Waals surface area contributed by atoms with Gasteiger partial charge in [0.15, 0.2) is 11.4 Å². The average Bonchev–Trinajstić information content (AvgIpc) is 3.47. The van der Waals surface area contributed by atoms with Crippen LogP contribution in [0.25, 0.3) is 10.9 Å². The number of rotatable bonds is 5. The Morgan fingerprint density at radius 3 is 2.29 bits per heavy atom. The number of methoxy groups -OCH3 is 2. The van der Waals surface area contributed by atoms with Gasteiger partial charge in [0.1, 0.15) is 6.29 Å². The lowest BCUT2D eigenvalue weighted by Gasteiger charge is -2.78. The van der Waals surface area contributed by atoms with Crippen LogP contribution in [0.15, 0.2) is 30.5 Å². The molecule has 0 saturated heterocycles. The number of H-pyrrole nitrogens is 1. The normalized spacial score (nSPS) is 48.8. The molecule has 5 saturated carbocycles. The number of aromatic nitrogens is 1. The zero-order valence-electron chi connectivity index (χ0n) is 31.7. The third-order valence-electron chi connectivity index (χ3n) is 17.4. The summed E-state index contributed by atoms with van der Waals surface area (Å²) in [5.41, 5.74) is -4.17. The summed E-state index contributed by atoms with van der Waals surface area (Å²) in [4.78, 5) is 31.7. The van der Waals surface area contributed by atoms with Crippen molar-refractivity contribution in [2.24, 2.45) is 62.6 Å². The number of esters is 1. The first-order valence-electron chi connectivity index (χ1n) is 19.0. The van der Waals surface area contributed by atoms with Crippen LogP contribution in [-0.2, 0) is 19.1 Å². The number of carbonyl (C=O) groups is 2. The molecule has 7 nitrogen and oxygen atoms in total. The molecule has 0 aliphatic heterocycles. The molecular formula is C42H61NO6. The van der Waals surface area contributed by atoms with Gasteiger partial charge in [-0.3, -0.25) is 0 Å². The largest absolute Gasteiger partial charge is 0.422 e. The molecule has 2 aromatic rings. The van der Waals surface area contributed by atoms with Crippen LogP contribution in [0.4, 0.5) is 0 Å². The Morgan fingerprint density at radius 2 is 1.61 bits per heavy atom. The zero-order chi connectivity index (χ0) is 35.6. The van der Waals surface area contributed by atoms with Gasteiger partial charge >= 0.3 is 5.97 Å². The third kappa shape index (κ3) is 4.02. The SMILES string of the molecule is COC1C(C=O)C(O)(C(=O)Oc2c[nH]c3ccccc23)[C@]2(C)[C@H]3CC[C@@H]4[C@@H]5[C@@H](C)[C@H](C)CC[C@]5(C)CC[C@@]4(C)[C@]3(C)CC[C@@]2(OC)C1(C)C. The Balaban J connectivity index is 1.41. The molecule has 49 heavy (non-hydrogen) atoms. The fourth-order valence-corrected chi connectivity index (χ4v) is 14.5. The van der Waals surface area contributed by atoms with Gasteiger partial charge in [0, 0.05) is 42.1 Å². The topological polar surface area (TPSA) is 97.9 Å². The van der Waals surface area contributed by atoms with Crippen molar-refractivity contribution < 1.29 is 28.9 Å². The van der Waals surface area contributed by atoms with Crippen molar-refractivity contribution in [3.63, 3.8) is 0 Å². The smallest absolute Gasteiger partial charge is 0.345 e. The minimum absolute atomic E-state index is 0.00506. The van der Waals surface area contributed by atoms with E-state index in [-0.39, 0.29) is 16.7 Å². The second-order valence-corrected chi connectivity index (χ2v) is 18.8. The number of carbonyl (C=O) groups excluding carboxylic acids is 2. The average molecular weight is 676 g/mol. The number of hydrogen-bond donors (Lipinski definition) is 2. The highest BCUT2D eigenvalue weighted by molar-refractivity contribution is 5.93. The lowest BCUT2D eigenvalue weighted by molar-refractivity contribution is -0.374. The monoisotopic (exact) mass is 675 g/mol. The molecule has 5 aliphatic carbocycles. The van der Waals surface area contributed by atoms with E-state index in [0.717, 1.165) is 42.9 Å². The van der Waals surface area contributed by atoms with Gasteiger partial charge in [0.2, 0.25) is 0 Å². The van der Waals surface area contributed by atoms with Gasteiger partial charge in [-0.25, -0.2) is 4.79 Å². The molecule has 3 unspecified atom stereocenters. The fourth-order valence-electron chi connectivity index (χ4n) is 14.5. The van der Waals surface area contributed by atoms with Crippen LogP contribution in [0.5, 0.6) is 5.75 Å². The number of aliphatic hydroxyl groups is 1. The molecule has 0 spiro atoms. The summed E-state index contributed by atoms with van der Waals surface area (Å²) >= 11 is 0. The third-order valence-corrected chi connectivity index (χ3v) is 17.4. The van der Waals surface area contributed by atoms with Crippen molar-refractivity contribution in [3.8, 4) is 5.75 Å². The number of aldehydes is 1. The molecule has 0 amide bonds. The maximum absolute atomic E-state index is 15.1. The lowest BCUT2D eigenvalue weighted by Crippen LogP contribution is -2.85. The number of benzene rings is 1. The highest BCUT2D eigenvalue weighted by Crippen LogP contribution is 2.80. The van der Waals surface area contributed by atoms with E-state index in [4.69, 9.17) is 14.2 Å². The molecule has 270 valence electrons. The molecule has 0 bridgehead atoms. The van der Waals surface area contributed by atoms with Crippen LogP contribution < -0.4 is 4.74 Å². The van der Waals surface area contributed by atoms with Crippen molar-refractivity contribution in [2.75, 3.05) is 14.2 Å². The Bertz CT molecular complexity index is 1630. The summed E-state index contributed by atoms with van der Waals surface area (Å²) in [5.74, 6) is 0.807. The number of nitrogens with one attached hydrogen (secondary N) is 1. The highest BCUT2D eigenvalue weighted by Gasteiger charge is 2.84. The molecule has 1 aromatic heterocycles. The number of para-hydroxylation sites is 1. The first-order valence-corrected chi connectivity index (χ1v) is 19.0. The Labute approximate surface area is 293 Å². The Hall–Kier alpha value is -2.22. The van der Waals surface area contributed by atoms with E-state index in [1.165, 1.54) is 19.3 Å². The fraction of sp³-hybridized carbons (Fsp3) is 0.762. The minimum atomic E-state index is -2.23. The minimum Gasteiger partial charge on any atom is -0.422 e. The van der Waals surface area contributed by atoms with Crippen molar-refractivity contribution in [1.29, 1.82) is 0 Å². The summed E-state index contributed by atoms with van der Waals surface area (Å²) in [6.07, 6.45) is 10.0. The first-order chi connectivity index (χ1) is 23.0. The van der Waals surface area contributed by atoms with Crippen LogP contribution in [0.3, 0.4) is 0 Å². The summed E-state index contributed by atoms with van der Waals surface area (Å²) in [6, 6.07) is 7.63. The standard InChI is InChI=1S/C42H61NO6/c1-25-17-18-37(5)19-20-38(6)28(33(37)26(25)2)15-16-32-39(38,7)21-22-41(48-10)36(3,4)34(47-9)29(24-44)42(46,40(32,41)8)35(45)49-31-23-43-30-14-12-11-13-27(30)31/h11-14,23-26,28-29,32-34,43,46H,15-22H2,1-10H3/t25-,26+,28-,29?,32+,33+,34?,37-,38-,39-,40-,41-,42?/m1/s1. The molecule has 2 N–H and O–H groups in total. The van der Waals surface area contributed by atoms with Crippen LogP contribution in [0, 0.1) is 62.6 Å². The summed E-state index contributed by atoms with van der Waals surface area (Å²) < 4.78 is 19.2. The Kier molecular flexibility index (Phi) is 8.00. The van der Waals surface area contributed by atoms with Crippen molar-refractivity contribution in [3.05, 3.63) is 30.5 Å². The maximum Gasteiger partial charge on any atom is 0.345 e. The molecular weight excluding hydrogens is 614 g/mol. The molecule has 13 atom stereocenters. The van der Waals surface area contributed by atoms with Gasteiger partial charge in [0.05, 0.1) is 17.6 Å². The van der Waals surface area contributed by atoms with Gasteiger partial charge in [-0.1, -0.05) is 67.5 Å². The second kappa shape index (κ2) is 11.1. The molecule has 0 radical (unpaired) electrons. The van der Waals surface area contributed by atoms with E-state index >= 15 is 4.79 Å². The molecule has 1 heterocycles. The Morgan fingerprint density at radius 1 is 0.918 bits per heavy atom. The molecule has 5 aliphatic rings. The summed E-state index contributed by atoms with van der Waals surface area (Å²) in [7, 11) is 3.30. The van der Waals surface area contributed by atoms with Gasteiger partial charge < -0.3 is 29.1 Å². The number of hydrogen-bond acceptors (Lipinski definition) is 6. The van der Waals surface area contributed by atoms with Crippen molar-refractivity contribution >= 4 is 23.2 Å². The van der Waals surface area contributed by atoms with Crippen molar-refractivity contribution in [2.45, 2.75) is 124 Å². The first kappa shape index (κ1) is 35.2. The van der Waals surface area contributed by atoms with Gasteiger partial charge in [0.25, 0.3) is 0 Å². The zero-order valence-corrected chi connectivity index (χ0v) is 31.7. The van der Waals surface area contributed by atoms with Crippen molar-refractivity contribution in [1.82, 2.24) is 4.98 Å². The quantitative estimate of drug-likeness (QED) is 0.244. The van der Waals surface area contributed by atoms with Gasteiger partial charge in [-0.15, -0.1) is 0 Å². The number of fused-ring (bicyclic) bond motifs is 8. The van der Waals surface area contributed by atoms with E-state index < -0.39 is 40.0 Å². The number of ether oxygens (including phenoxy) is 3. The maximum atomic E-state index is 15.1. The predicted octanol–water partition coefficient (Wildman–Crippen LogP) is 8.38. The number of aromatic amines is 1. The van der Waals surface area contributed by atoms with Gasteiger partial charge in [-0.2, -0.15) is 0 Å². The second-order valence-electron chi connectivity index (χ2n) is 18.8. The van der Waals surface area contributed by atoms with Crippen LogP contribution in [0.1, 0.15) is 107 Å². The molecule has 7 heteroatoms. The highest BCUT2D eigenvalue weighted by atomic mass is 16.6. The van der Waals surface area contributed by atoms with E-state index in [1.807, 2.05) is 24.3 Å². The van der Waals surface area contributed by atoms with Crippen LogP contribution >= 0.6 is 0 Å². The summed E-state index contributed by atoms with van der Waals surface area (Å²) in [5, 5.41) is 14.4. The van der Waals surface area contributed by atoms with E-state index in [1.54, 1.807) is 20.4 Å². The van der Waals surface area contributed by atoms with Gasteiger partial charge in [-0.05, 0) is 109 Å². The predicted molar refractivity (Wildman–Crippen MR) is 191 cm³/mol. The molecule has 1 aromatic carbocycles. The van der Waals surface area contributed by atoms with E-state index in [0.29, 0.717) is 41.3 Å². The van der Waals surface area contributed by atoms with Crippen LogP contribution in [0.2, 0.25) is 0 Å². The van der Waals surface area contributed by atoms with E-state index in [2.05, 4.69) is 60.4 Å². The van der Waals surface area contributed by atoms with Crippen LogP contribution in [-0.4, -0.2) is 53.9 Å². The lowest BCUT2D eigenvalue weighted by atomic mass is 9.28. The molecule has 5 fully saturated rings. The molecule has 7 rings (SSSR count).